The van der Waals surface area contributed by atoms with Crippen molar-refractivity contribution in [2.75, 3.05) is 19.6 Å². The van der Waals surface area contributed by atoms with Gasteiger partial charge in [-0.25, -0.2) is 13.1 Å². The van der Waals surface area contributed by atoms with Gasteiger partial charge in [-0.15, -0.1) is 0 Å². The second kappa shape index (κ2) is 18.5. The van der Waals surface area contributed by atoms with Crippen LogP contribution in [0, 0.1) is 20.8 Å². The molecule has 7 N–H and O–H groups in total. The molecule has 3 aliphatic rings. The van der Waals surface area contributed by atoms with Crippen LogP contribution in [0.4, 0.5) is 0 Å². The SMILES string of the molecule is Cc1c(C)c(S(=O)(=O)NC(N)=NCCC[C@@H]2NC(=O)[C@@H]3C[C@@H](CN3C(=O)c3ccccc3)NC(=O)C(CC(=O)OC(C)(C)C)NC(=O)CNC2=O)c(C)c2c1OC(C)(C)CC2. The van der Waals surface area contributed by atoms with E-state index in [1.807, 2.05) is 20.8 Å². The van der Waals surface area contributed by atoms with Crippen molar-refractivity contribution in [2.24, 2.45) is 10.7 Å². The van der Waals surface area contributed by atoms with Crippen LogP contribution in [-0.4, -0.2) is 110 Å². The van der Waals surface area contributed by atoms with E-state index in [-0.39, 0.29) is 48.8 Å². The number of carbonyl (C=O) groups excluding carboxylic acids is 6. The van der Waals surface area contributed by atoms with E-state index < -0.39 is 88.3 Å². The van der Waals surface area contributed by atoms with E-state index in [4.69, 9.17) is 15.2 Å². The molecule has 0 spiro atoms. The highest BCUT2D eigenvalue weighted by molar-refractivity contribution is 7.90. The van der Waals surface area contributed by atoms with Crippen molar-refractivity contribution in [3.05, 3.63) is 58.1 Å². The number of esters is 1. The molecule has 1 unspecified atom stereocenters. The van der Waals surface area contributed by atoms with Crippen LogP contribution in [0.3, 0.4) is 0 Å². The Bertz CT molecular complexity index is 2200. The Balaban J connectivity index is 1.33. The van der Waals surface area contributed by atoms with Crippen LogP contribution < -0.4 is 36.5 Å². The number of hydrogen-bond acceptors (Lipinski definition) is 11. The summed E-state index contributed by atoms with van der Waals surface area (Å²) in [5.41, 5.74) is 7.77. The molecule has 2 fully saturated rings. The van der Waals surface area contributed by atoms with Crippen LogP contribution in [0.25, 0.3) is 0 Å². The van der Waals surface area contributed by atoms with Crippen molar-refractivity contribution in [3.63, 3.8) is 0 Å². The fourth-order valence-electron chi connectivity index (χ4n) is 7.76. The molecule has 0 saturated carbocycles. The highest BCUT2D eigenvalue weighted by Crippen LogP contribution is 2.42. The predicted molar refractivity (Wildman–Crippen MR) is 225 cm³/mol. The predicted octanol–water partition coefficient (Wildman–Crippen LogP) is 1.32. The van der Waals surface area contributed by atoms with Gasteiger partial charge in [-0.2, -0.15) is 0 Å². The van der Waals surface area contributed by atoms with E-state index in [2.05, 4.69) is 31.0 Å². The van der Waals surface area contributed by atoms with E-state index in [1.54, 1.807) is 65.0 Å². The molecule has 4 atom stereocenters. The molecule has 5 rings (SSSR count). The molecule has 332 valence electrons. The topological polar surface area (TPSA) is 257 Å². The smallest absolute Gasteiger partial charge is 0.308 e. The molecule has 0 aliphatic carbocycles. The van der Waals surface area contributed by atoms with E-state index in [0.29, 0.717) is 35.3 Å². The number of guanidine groups is 1. The number of benzene rings is 2. The summed E-state index contributed by atoms with van der Waals surface area (Å²) in [5, 5.41) is 10.5. The number of carbonyl (C=O) groups is 6. The Morgan fingerprint density at radius 1 is 0.967 bits per heavy atom. The molecular weight excluding hydrogens is 809 g/mol. The van der Waals surface area contributed by atoms with Gasteiger partial charge in [0.25, 0.3) is 15.9 Å². The maximum absolute atomic E-state index is 14.0. The number of hydrogen-bond donors (Lipinski definition) is 6. The summed E-state index contributed by atoms with van der Waals surface area (Å²) in [7, 11) is -4.18. The lowest BCUT2D eigenvalue weighted by atomic mass is 9.88. The normalized spacial score (nSPS) is 22.4. The van der Waals surface area contributed by atoms with Crippen LogP contribution in [0.1, 0.15) is 99.3 Å². The fourth-order valence-corrected chi connectivity index (χ4v) is 9.29. The first kappa shape index (κ1) is 46.3. The zero-order chi connectivity index (χ0) is 45.0. The Hall–Kier alpha value is -5.72. The first-order valence-corrected chi connectivity index (χ1v) is 21.8. The molecule has 19 heteroatoms. The number of likely N-dealkylation sites (tertiary alicyclic amines) is 1. The van der Waals surface area contributed by atoms with Crippen LogP contribution in [0.2, 0.25) is 0 Å². The lowest BCUT2D eigenvalue weighted by Gasteiger charge is -2.35. The Labute approximate surface area is 356 Å². The van der Waals surface area contributed by atoms with Gasteiger partial charge in [0, 0.05) is 24.7 Å². The molecule has 3 aliphatic heterocycles. The second-order valence-corrected chi connectivity index (χ2v) is 19.0. The third-order valence-electron chi connectivity index (χ3n) is 10.8. The largest absolute Gasteiger partial charge is 0.487 e. The summed E-state index contributed by atoms with van der Waals surface area (Å²) >= 11 is 0. The summed E-state index contributed by atoms with van der Waals surface area (Å²) in [5.74, 6) is -3.87. The first-order chi connectivity index (χ1) is 28.5. The van der Waals surface area contributed by atoms with Gasteiger partial charge in [-0.1, -0.05) is 18.2 Å². The number of nitrogens with two attached hydrogens (primary N) is 1. The molecule has 3 heterocycles. The number of aliphatic imine (C=N–C) groups is 1. The van der Waals surface area contributed by atoms with Crippen LogP contribution in [-0.2, 0) is 45.2 Å². The summed E-state index contributed by atoms with van der Waals surface area (Å²) in [4.78, 5) is 86.3. The molecule has 61 heavy (non-hydrogen) atoms. The summed E-state index contributed by atoms with van der Waals surface area (Å²) in [6.07, 6.45) is 0.907. The average Bonchev–Trinajstić information content (AvgIpc) is 3.59. The Morgan fingerprint density at radius 2 is 1.66 bits per heavy atom. The first-order valence-electron chi connectivity index (χ1n) is 20.4. The summed E-state index contributed by atoms with van der Waals surface area (Å²) in [6.45, 7) is 13.5. The van der Waals surface area contributed by atoms with Gasteiger partial charge in [0.2, 0.25) is 29.6 Å². The average molecular weight is 867 g/mol. The number of fused-ring (bicyclic) bond motifs is 3. The third-order valence-corrected chi connectivity index (χ3v) is 12.5. The van der Waals surface area contributed by atoms with Gasteiger partial charge < -0.3 is 41.4 Å². The fraction of sp³-hybridized carbons (Fsp3) is 0.548. The molecule has 0 aromatic heterocycles. The lowest BCUT2D eigenvalue weighted by Crippen LogP contribution is -2.55. The van der Waals surface area contributed by atoms with E-state index >= 15 is 0 Å². The number of amides is 5. The maximum atomic E-state index is 14.0. The van der Waals surface area contributed by atoms with Gasteiger partial charge in [0.1, 0.15) is 35.1 Å². The molecule has 2 bridgehead atoms. The summed E-state index contributed by atoms with van der Waals surface area (Å²) in [6, 6.07) is 3.76. The zero-order valence-electron chi connectivity index (χ0n) is 36.0. The van der Waals surface area contributed by atoms with E-state index in [9.17, 15) is 37.2 Å². The lowest BCUT2D eigenvalue weighted by molar-refractivity contribution is -0.156. The second-order valence-electron chi connectivity index (χ2n) is 17.4. The van der Waals surface area contributed by atoms with Crippen molar-refractivity contribution >= 4 is 51.5 Å². The minimum atomic E-state index is -4.18. The molecule has 5 amide bonds. The zero-order valence-corrected chi connectivity index (χ0v) is 36.8. The number of nitrogens with zero attached hydrogens (tertiary/aromatic N) is 2. The minimum Gasteiger partial charge on any atom is -0.487 e. The maximum Gasteiger partial charge on any atom is 0.308 e. The standard InChI is InChI=1S/C42H58N8O10S/c1-23-24(2)35(25(3)28-16-17-42(7,8)60-34(23)28)61(57,58)49-40(43)44-18-12-15-29-36(53)45-21-32(51)47-30(20-33(52)59-41(4,5)6)37(54)46-27-19-31(38(55)48-29)50(22-27)39(56)26-13-10-9-11-14-26/h9-11,13-14,27,29-31H,12,15-22H2,1-8H3,(H,45,53)(H,46,54)(H,47,51)(H,48,55)(H3,43,44,49)/t27-,29-,30?,31-/m0/s1. The number of sulfonamides is 1. The Morgan fingerprint density at radius 3 is 2.33 bits per heavy atom. The quantitative estimate of drug-likeness (QED) is 0.0907. The third kappa shape index (κ3) is 11.6. The number of nitrogens with one attached hydrogen (secondary N) is 5. The van der Waals surface area contributed by atoms with Gasteiger partial charge in [0.05, 0.1) is 17.9 Å². The highest BCUT2D eigenvalue weighted by Gasteiger charge is 2.43. The number of rotatable bonds is 9. The van der Waals surface area contributed by atoms with Crippen molar-refractivity contribution in [2.45, 2.75) is 134 Å². The van der Waals surface area contributed by atoms with Crippen molar-refractivity contribution in [1.29, 1.82) is 0 Å². The van der Waals surface area contributed by atoms with Gasteiger partial charge in [-0.05, 0) is 122 Å². The molecule has 0 radical (unpaired) electrons. The van der Waals surface area contributed by atoms with Gasteiger partial charge >= 0.3 is 5.97 Å². The molecule has 2 aromatic carbocycles. The van der Waals surface area contributed by atoms with E-state index in [0.717, 1.165) is 11.1 Å². The van der Waals surface area contributed by atoms with Crippen molar-refractivity contribution in [1.82, 2.24) is 30.9 Å². The van der Waals surface area contributed by atoms with Crippen molar-refractivity contribution < 1.29 is 46.7 Å². The summed E-state index contributed by atoms with van der Waals surface area (Å²) < 4.78 is 41.4. The molecule has 2 saturated heterocycles. The van der Waals surface area contributed by atoms with Crippen LogP contribution in [0.5, 0.6) is 5.75 Å². The molecule has 2 aromatic rings. The van der Waals surface area contributed by atoms with Gasteiger partial charge in [-0.3, -0.25) is 33.8 Å². The van der Waals surface area contributed by atoms with E-state index in [1.165, 1.54) is 4.90 Å². The minimum absolute atomic E-state index is 0.0257. The van der Waals surface area contributed by atoms with Crippen LogP contribution in [0.15, 0.2) is 40.2 Å². The Kier molecular flexibility index (Phi) is 14.1. The highest BCUT2D eigenvalue weighted by atomic mass is 32.2. The molecule has 18 nitrogen and oxygen atoms in total. The van der Waals surface area contributed by atoms with Gasteiger partial charge in [0.15, 0.2) is 0 Å². The number of ether oxygens (including phenoxy) is 2. The molecular formula is C42H58N8O10S. The monoisotopic (exact) mass is 866 g/mol. The van der Waals surface area contributed by atoms with Crippen molar-refractivity contribution in [3.8, 4) is 5.75 Å². The van der Waals surface area contributed by atoms with Crippen LogP contribution >= 0.6 is 0 Å².